The van der Waals surface area contributed by atoms with E-state index in [4.69, 9.17) is 10.5 Å². The number of carbonyl (C=O) groups is 4. The molecule has 0 radical (unpaired) electrons. The molecule has 0 spiro atoms. The first-order valence-electron chi connectivity index (χ1n) is 8.25. The molecule has 1 heterocycles. The van der Waals surface area contributed by atoms with Gasteiger partial charge in [-0.3, -0.25) is 19.2 Å². The van der Waals surface area contributed by atoms with E-state index in [1.54, 1.807) is 0 Å². The molecule has 14 heteroatoms. The van der Waals surface area contributed by atoms with Crippen LogP contribution in [0.15, 0.2) is 18.2 Å². The molecule has 0 aromatic heterocycles. The second-order valence-corrected chi connectivity index (χ2v) is 5.79. The number of nitrogens with zero attached hydrogens (tertiary/aromatic N) is 1. The van der Waals surface area contributed by atoms with E-state index in [-0.39, 0.29) is 31.1 Å². The topological polar surface area (TPSA) is 140 Å². The molecule has 10 nitrogen and oxygen atoms in total. The van der Waals surface area contributed by atoms with Crippen LogP contribution in [-0.2, 0) is 23.9 Å². The number of rotatable bonds is 8. The summed E-state index contributed by atoms with van der Waals surface area (Å²) in [6.45, 7) is -3.18. The van der Waals surface area contributed by atoms with E-state index in [1.165, 1.54) is 16.3 Å². The largest absolute Gasteiger partial charge is 0.433 e. The van der Waals surface area contributed by atoms with Gasteiger partial charge < -0.3 is 30.7 Å². The second kappa shape index (κ2) is 9.87. The van der Waals surface area contributed by atoms with Crippen molar-refractivity contribution in [1.82, 2.24) is 5.32 Å². The van der Waals surface area contributed by atoms with Crippen molar-refractivity contribution in [2.75, 3.05) is 30.0 Å². The smallest absolute Gasteiger partial charge is 0.387 e. The van der Waals surface area contributed by atoms with E-state index in [2.05, 4.69) is 4.74 Å². The highest BCUT2D eigenvalue weighted by atomic mass is 19.3. The van der Waals surface area contributed by atoms with Crippen molar-refractivity contribution in [2.45, 2.75) is 19.1 Å². The molecule has 0 aliphatic carbocycles. The van der Waals surface area contributed by atoms with Crippen LogP contribution in [0.2, 0.25) is 0 Å². The molecule has 1 fully saturated rings. The Bertz CT molecular complexity index is 838. The molecular formula is C16H16F4N4O6. The minimum absolute atomic E-state index is 0.141. The summed E-state index contributed by atoms with van der Waals surface area (Å²) in [6.07, 6.45) is -3.53. The summed E-state index contributed by atoms with van der Waals surface area (Å²) in [7, 11) is 0. The van der Waals surface area contributed by atoms with Crippen molar-refractivity contribution < 1.29 is 46.2 Å². The van der Waals surface area contributed by atoms with E-state index in [9.17, 15) is 36.7 Å². The predicted molar refractivity (Wildman–Crippen MR) is 92.0 cm³/mol. The Morgan fingerprint density at radius 2 is 1.87 bits per heavy atom. The van der Waals surface area contributed by atoms with Crippen LogP contribution in [-0.4, -0.2) is 62.5 Å². The van der Waals surface area contributed by atoms with Crippen LogP contribution in [0.5, 0.6) is 5.75 Å². The van der Waals surface area contributed by atoms with Crippen LogP contribution in [0.3, 0.4) is 0 Å². The van der Waals surface area contributed by atoms with Crippen LogP contribution < -0.4 is 26.0 Å². The summed E-state index contributed by atoms with van der Waals surface area (Å²) in [4.78, 5) is 47.7. The Kier molecular flexibility index (Phi) is 7.52. The molecule has 2 rings (SSSR count). The Morgan fingerprint density at radius 3 is 2.43 bits per heavy atom. The van der Waals surface area contributed by atoms with E-state index in [1.807, 2.05) is 5.32 Å². The van der Waals surface area contributed by atoms with Gasteiger partial charge in [0, 0.05) is 18.3 Å². The number of amides is 4. The van der Waals surface area contributed by atoms with E-state index >= 15 is 0 Å². The van der Waals surface area contributed by atoms with Crippen LogP contribution >= 0.6 is 0 Å². The zero-order valence-corrected chi connectivity index (χ0v) is 15.1. The highest BCUT2D eigenvalue weighted by molar-refractivity contribution is 6.12. The van der Waals surface area contributed by atoms with Gasteiger partial charge in [0.05, 0.1) is 12.3 Å². The standard InChI is InChI=1S/C16H16F4N4O6/c17-12(18)15(28)23-11(13(21)26)14(27)22-8-2-1-7(5-9(8)30-16(19)20)24-3-4-29-6-10(24)25/h1-2,5,11-12,16H,3-4,6H2,(H2,21,26)(H,22,27)(H,23,28)/t11-/m1/s1. The Labute approximate surface area is 166 Å². The number of benzene rings is 1. The van der Waals surface area contributed by atoms with Gasteiger partial charge in [-0.15, -0.1) is 0 Å². The van der Waals surface area contributed by atoms with Crippen LogP contribution in [0.1, 0.15) is 0 Å². The normalized spacial score (nSPS) is 15.1. The number of ether oxygens (including phenoxy) is 2. The highest BCUT2D eigenvalue weighted by Gasteiger charge is 2.30. The lowest BCUT2D eigenvalue weighted by Gasteiger charge is -2.27. The third-order valence-electron chi connectivity index (χ3n) is 3.77. The van der Waals surface area contributed by atoms with Gasteiger partial charge in [0.15, 0.2) is 11.8 Å². The number of nitrogens with one attached hydrogen (secondary N) is 2. The monoisotopic (exact) mass is 436 g/mol. The van der Waals surface area contributed by atoms with Gasteiger partial charge in [0.25, 0.3) is 17.7 Å². The number of hydrogen-bond donors (Lipinski definition) is 3. The van der Waals surface area contributed by atoms with Crippen molar-refractivity contribution in [2.24, 2.45) is 5.73 Å². The summed E-state index contributed by atoms with van der Waals surface area (Å²) in [5, 5.41) is 3.43. The predicted octanol–water partition coefficient (Wildman–Crippen LogP) is -0.175. The van der Waals surface area contributed by atoms with Gasteiger partial charge in [-0.1, -0.05) is 0 Å². The third kappa shape index (κ3) is 5.79. The molecule has 4 N–H and O–H groups in total. The number of carbonyl (C=O) groups excluding carboxylic acids is 4. The van der Waals surface area contributed by atoms with Gasteiger partial charge in [-0.05, 0) is 12.1 Å². The van der Waals surface area contributed by atoms with Crippen molar-refractivity contribution in [1.29, 1.82) is 0 Å². The number of alkyl halides is 4. The van der Waals surface area contributed by atoms with Crippen LogP contribution in [0.25, 0.3) is 0 Å². The molecule has 0 unspecified atom stereocenters. The van der Waals surface area contributed by atoms with Gasteiger partial charge in [-0.2, -0.15) is 17.6 Å². The minimum Gasteiger partial charge on any atom is -0.433 e. The summed E-state index contributed by atoms with van der Waals surface area (Å²) in [5.41, 5.74) is 4.70. The molecular weight excluding hydrogens is 420 g/mol. The second-order valence-electron chi connectivity index (χ2n) is 5.79. The SMILES string of the molecule is NC(=O)[C@@H](NC(=O)C(F)F)C(=O)Nc1ccc(N2CCOCC2=O)cc1OC(F)F. The Balaban J connectivity index is 2.28. The maximum atomic E-state index is 12.8. The molecule has 164 valence electrons. The molecule has 1 aromatic rings. The van der Waals surface area contributed by atoms with Crippen molar-refractivity contribution in [3.8, 4) is 5.75 Å². The lowest BCUT2D eigenvalue weighted by molar-refractivity contribution is -0.138. The molecule has 1 aromatic carbocycles. The lowest BCUT2D eigenvalue weighted by Crippen LogP contribution is -2.53. The fourth-order valence-electron chi connectivity index (χ4n) is 2.44. The zero-order valence-electron chi connectivity index (χ0n) is 15.1. The van der Waals surface area contributed by atoms with Gasteiger partial charge in [0.1, 0.15) is 6.61 Å². The summed E-state index contributed by atoms with van der Waals surface area (Å²) in [5.74, 6) is -5.79. The molecule has 30 heavy (non-hydrogen) atoms. The van der Waals surface area contributed by atoms with Crippen molar-refractivity contribution >= 4 is 35.0 Å². The third-order valence-corrected chi connectivity index (χ3v) is 3.77. The molecule has 1 saturated heterocycles. The summed E-state index contributed by atoms with van der Waals surface area (Å²) < 4.78 is 59.6. The van der Waals surface area contributed by atoms with Gasteiger partial charge in [-0.25, -0.2) is 0 Å². The van der Waals surface area contributed by atoms with Gasteiger partial charge >= 0.3 is 13.0 Å². The number of anilines is 2. The maximum absolute atomic E-state index is 12.8. The molecule has 4 amide bonds. The molecule has 1 atom stereocenters. The van der Waals surface area contributed by atoms with Crippen LogP contribution in [0.4, 0.5) is 28.9 Å². The van der Waals surface area contributed by atoms with E-state index in [0.717, 1.165) is 12.1 Å². The molecule has 0 bridgehead atoms. The first-order valence-corrected chi connectivity index (χ1v) is 8.25. The molecule has 0 saturated carbocycles. The first kappa shape index (κ1) is 22.9. The quantitative estimate of drug-likeness (QED) is 0.382. The fourth-order valence-corrected chi connectivity index (χ4v) is 2.44. The number of primary amides is 1. The first-order chi connectivity index (χ1) is 14.1. The minimum atomic E-state index is -3.53. The van der Waals surface area contributed by atoms with Crippen LogP contribution in [0, 0.1) is 0 Å². The Morgan fingerprint density at radius 1 is 1.17 bits per heavy atom. The van der Waals surface area contributed by atoms with Gasteiger partial charge in [0.2, 0.25) is 5.91 Å². The number of nitrogens with two attached hydrogens (primary N) is 1. The lowest BCUT2D eigenvalue weighted by atomic mass is 10.2. The average molecular weight is 436 g/mol. The number of halogens is 4. The van der Waals surface area contributed by atoms with E-state index in [0.29, 0.717) is 0 Å². The highest BCUT2D eigenvalue weighted by Crippen LogP contribution is 2.32. The van der Waals surface area contributed by atoms with Crippen molar-refractivity contribution in [3.05, 3.63) is 18.2 Å². The summed E-state index contributed by atoms with van der Waals surface area (Å²) in [6, 6.07) is 1.20. The molecule has 1 aliphatic heterocycles. The molecule has 1 aliphatic rings. The maximum Gasteiger partial charge on any atom is 0.387 e. The summed E-state index contributed by atoms with van der Waals surface area (Å²) >= 11 is 0. The van der Waals surface area contributed by atoms with E-state index < -0.39 is 48.5 Å². The average Bonchev–Trinajstić information content (AvgIpc) is 2.66. The fraction of sp³-hybridized carbons (Fsp3) is 0.375. The zero-order chi connectivity index (χ0) is 22.4. The number of hydrogen-bond acceptors (Lipinski definition) is 6. The number of morpholine rings is 1. The Hall–Kier alpha value is -3.42. The van der Waals surface area contributed by atoms with Crippen molar-refractivity contribution in [3.63, 3.8) is 0 Å².